The van der Waals surface area contributed by atoms with Gasteiger partial charge < -0.3 is 9.64 Å². The monoisotopic (exact) mass is 428 g/mol. The summed E-state index contributed by atoms with van der Waals surface area (Å²) in [7, 11) is -4.03. The highest BCUT2D eigenvalue weighted by atomic mass is 32.2. The van der Waals surface area contributed by atoms with Crippen molar-refractivity contribution in [2.24, 2.45) is 5.14 Å². The van der Waals surface area contributed by atoms with Gasteiger partial charge in [-0.2, -0.15) is 13.2 Å². The highest BCUT2D eigenvalue weighted by molar-refractivity contribution is 7.89. The molecule has 2 N–H and O–H groups in total. The van der Waals surface area contributed by atoms with Crippen LogP contribution in [0.15, 0.2) is 41.3 Å². The fourth-order valence-corrected chi connectivity index (χ4v) is 3.69. The third-order valence-corrected chi connectivity index (χ3v) is 5.56. The molecule has 156 valence electrons. The molecular formula is C19H19F3N2O4S. The molecule has 0 bridgehead atoms. The smallest absolute Gasteiger partial charge is 0.377 e. The Balaban J connectivity index is 1.93. The first-order chi connectivity index (χ1) is 13.5. The predicted molar refractivity (Wildman–Crippen MR) is 98.2 cm³/mol. The molecule has 0 aromatic heterocycles. The number of fused-ring (bicyclic) bond motifs is 1. The van der Waals surface area contributed by atoms with Gasteiger partial charge in [0.2, 0.25) is 10.0 Å². The number of rotatable bonds is 5. The van der Waals surface area contributed by atoms with Crippen LogP contribution in [-0.2, 0) is 40.6 Å². The molecule has 0 aliphatic carbocycles. The highest BCUT2D eigenvalue weighted by Crippen LogP contribution is 2.34. The minimum absolute atomic E-state index is 0.00817. The molecule has 1 aliphatic rings. The molecule has 0 fully saturated rings. The minimum Gasteiger partial charge on any atom is -0.377 e. The zero-order chi connectivity index (χ0) is 21.4. The van der Waals surface area contributed by atoms with E-state index in [9.17, 15) is 26.4 Å². The fourth-order valence-electron chi connectivity index (χ4n) is 3.15. The van der Waals surface area contributed by atoms with Gasteiger partial charge >= 0.3 is 6.18 Å². The van der Waals surface area contributed by atoms with Crippen molar-refractivity contribution in [3.8, 4) is 0 Å². The van der Waals surface area contributed by atoms with Gasteiger partial charge in [-0.15, -0.1) is 0 Å². The molecule has 0 atom stereocenters. The summed E-state index contributed by atoms with van der Waals surface area (Å²) < 4.78 is 67.5. The molecule has 0 unspecified atom stereocenters. The Labute approximate surface area is 166 Å². The largest absolute Gasteiger partial charge is 0.416 e. The number of halogens is 3. The number of nitrogens with zero attached hydrogens (tertiary/aromatic N) is 1. The van der Waals surface area contributed by atoms with Gasteiger partial charge in [0, 0.05) is 25.3 Å². The number of benzene rings is 2. The lowest BCUT2D eigenvalue weighted by Gasteiger charge is -2.18. The fraction of sp³-hybridized carbons (Fsp3) is 0.316. The first kappa shape index (κ1) is 21.3. The van der Waals surface area contributed by atoms with Crippen LogP contribution < -0.4 is 5.14 Å². The molecule has 1 heterocycles. The van der Waals surface area contributed by atoms with Crippen LogP contribution in [0.2, 0.25) is 0 Å². The molecular weight excluding hydrogens is 409 g/mol. The lowest BCUT2D eigenvalue weighted by Crippen LogP contribution is -2.27. The molecule has 0 saturated heterocycles. The quantitative estimate of drug-likeness (QED) is 0.793. The van der Waals surface area contributed by atoms with Crippen molar-refractivity contribution in [1.29, 1.82) is 0 Å². The summed E-state index contributed by atoms with van der Waals surface area (Å²) in [6, 6.07) is 7.28. The van der Waals surface area contributed by atoms with E-state index in [1.807, 2.05) is 0 Å². The predicted octanol–water partition coefficient (Wildman–Crippen LogP) is 3.05. The maximum Gasteiger partial charge on any atom is 0.416 e. The van der Waals surface area contributed by atoms with Crippen LogP contribution in [0.4, 0.5) is 13.2 Å². The normalized spacial score (nSPS) is 14.2. The topological polar surface area (TPSA) is 89.7 Å². The van der Waals surface area contributed by atoms with E-state index in [2.05, 4.69) is 0 Å². The van der Waals surface area contributed by atoms with E-state index in [1.165, 1.54) is 29.2 Å². The highest BCUT2D eigenvalue weighted by Gasteiger charge is 2.33. The number of hydrogen-bond donors (Lipinski definition) is 1. The van der Waals surface area contributed by atoms with Gasteiger partial charge in [-0.25, -0.2) is 13.6 Å². The van der Waals surface area contributed by atoms with E-state index in [0.29, 0.717) is 23.3 Å². The number of hydrogen-bond acceptors (Lipinski definition) is 4. The van der Waals surface area contributed by atoms with Crippen molar-refractivity contribution < 1.29 is 31.1 Å². The second-order valence-corrected chi connectivity index (χ2v) is 8.20. The van der Waals surface area contributed by atoms with Crippen molar-refractivity contribution >= 4 is 15.9 Å². The van der Waals surface area contributed by atoms with E-state index in [-0.39, 0.29) is 30.2 Å². The second kappa shape index (κ2) is 7.77. The number of carbonyl (C=O) groups is 1. The zero-order valence-electron chi connectivity index (χ0n) is 15.5. The van der Waals surface area contributed by atoms with Crippen LogP contribution in [0.3, 0.4) is 0 Å². The average molecular weight is 428 g/mol. The number of carbonyl (C=O) groups excluding carboxylic acids is 1. The number of primary sulfonamides is 1. The standard InChI is InChI=1S/C19H19F3N2O4S/c1-2-28-11-13-4-6-16(29(23,26)27)8-17(13)18(25)24-9-12-3-5-15(19(20,21)22)7-14(12)10-24/h3-8H,2,9-11H2,1H3,(H2,23,26,27). The van der Waals surface area contributed by atoms with Gasteiger partial charge in [-0.1, -0.05) is 12.1 Å². The van der Waals surface area contributed by atoms with Crippen molar-refractivity contribution in [2.75, 3.05) is 6.61 Å². The Morgan fingerprint density at radius 2 is 1.83 bits per heavy atom. The summed E-state index contributed by atoms with van der Waals surface area (Å²) in [6.07, 6.45) is -4.47. The molecule has 3 rings (SSSR count). The molecule has 0 radical (unpaired) electrons. The third-order valence-electron chi connectivity index (χ3n) is 4.65. The SMILES string of the molecule is CCOCc1ccc(S(N)(=O)=O)cc1C(=O)N1Cc2ccc(C(F)(F)F)cc2C1. The zero-order valence-corrected chi connectivity index (χ0v) is 16.3. The van der Waals surface area contributed by atoms with Gasteiger partial charge in [0.1, 0.15) is 0 Å². The molecule has 6 nitrogen and oxygen atoms in total. The molecule has 1 aliphatic heterocycles. The van der Waals surface area contributed by atoms with Crippen LogP contribution in [0.5, 0.6) is 0 Å². The first-order valence-electron chi connectivity index (χ1n) is 8.72. The number of nitrogens with two attached hydrogens (primary N) is 1. The van der Waals surface area contributed by atoms with Crippen molar-refractivity contribution in [2.45, 2.75) is 37.7 Å². The van der Waals surface area contributed by atoms with Crippen LogP contribution in [-0.4, -0.2) is 25.8 Å². The molecule has 0 saturated carbocycles. The minimum atomic E-state index is -4.47. The van der Waals surface area contributed by atoms with Crippen LogP contribution >= 0.6 is 0 Å². The molecule has 1 amide bonds. The molecule has 2 aromatic carbocycles. The second-order valence-electron chi connectivity index (χ2n) is 6.64. The maximum absolute atomic E-state index is 13.1. The van der Waals surface area contributed by atoms with E-state index in [4.69, 9.17) is 9.88 Å². The van der Waals surface area contributed by atoms with Gasteiger partial charge in [0.25, 0.3) is 5.91 Å². The Bertz CT molecular complexity index is 1050. The summed E-state index contributed by atoms with van der Waals surface area (Å²) in [4.78, 5) is 14.2. The number of alkyl halides is 3. The Hall–Kier alpha value is -2.43. The molecule has 0 spiro atoms. The number of amides is 1. The average Bonchev–Trinajstić information content (AvgIpc) is 3.07. The lowest BCUT2D eigenvalue weighted by atomic mass is 10.1. The molecule has 2 aromatic rings. The van der Waals surface area contributed by atoms with E-state index in [1.54, 1.807) is 6.92 Å². The molecule has 29 heavy (non-hydrogen) atoms. The van der Waals surface area contributed by atoms with E-state index in [0.717, 1.165) is 12.1 Å². The van der Waals surface area contributed by atoms with Crippen LogP contribution in [0.1, 0.15) is 39.5 Å². The Kier molecular flexibility index (Phi) is 5.70. The van der Waals surface area contributed by atoms with E-state index >= 15 is 0 Å². The summed E-state index contributed by atoms with van der Waals surface area (Å²) in [5.41, 5.74) is 0.797. The van der Waals surface area contributed by atoms with Gasteiger partial charge in [-0.05, 0) is 47.9 Å². The number of ether oxygens (including phenoxy) is 1. The summed E-state index contributed by atoms with van der Waals surface area (Å²) in [5.74, 6) is -0.505. The summed E-state index contributed by atoms with van der Waals surface area (Å²) in [6.45, 7) is 2.36. The number of sulfonamides is 1. The summed E-state index contributed by atoms with van der Waals surface area (Å²) >= 11 is 0. The Morgan fingerprint density at radius 1 is 1.14 bits per heavy atom. The van der Waals surface area contributed by atoms with Crippen molar-refractivity contribution in [1.82, 2.24) is 4.90 Å². The lowest BCUT2D eigenvalue weighted by molar-refractivity contribution is -0.137. The molecule has 10 heteroatoms. The first-order valence-corrected chi connectivity index (χ1v) is 10.3. The van der Waals surface area contributed by atoms with Crippen molar-refractivity contribution in [3.63, 3.8) is 0 Å². The Morgan fingerprint density at radius 3 is 2.45 bits per heavy atom. The van der Waals surface area contributed by atoms with Crippen molar-refractivity contribution in [3.05, 3.63) is 64.2 Å². The van der Waals surface area contributed by atoms with Gasteiger partial charge in [0.05, 0.1) is 17.1 Å². The third kappa shape index (κ3) is 4.60. The maximum atomic E-state index is 13.1. The van der Waals surface area contributed by atoms with Gasteiger partial charge in [0.15, 0.2) is 0 Å². The van der Waals surface area contributed by atoms with E-state index < -0.39 is 27.7 Å². The van der Waals surface area contributed by atoms with Crippen LogP contribution in [0, 0.1) is 0 Å². The van der Waals surface area contributed by atoms with Gasteiger partial charge in [-0.3, -0.25) is 4.79 Å². The summed E-state index contributed by atoms with van der Waals surface area (Å²) in [5, 5.41) is 5.17. The van der Waals surface area contributed by atoms with Crippen LogP contribution in [0.25, 0.3) is 0 Å².